The molecule has 0 radical (unpaired) electrons. The van der Waals surface area contributed by atoms with Crippen LogP contribution in [0.4, 0.5) is 18.9 Å². The second-order valence-electron chi connectivity index (χ2n) is 4.83. The molecule has 0 atom stereocenters. The first kappa shape index (κ1) is 18.7. The van der Waals surface area contributed by atoms with E-state index in [-0.39, 0.29) is 18.2 Å². The molecule has 0 heterocycles. The summed E-state index contributed by atoms with van der Waals surface area (Å²) in [6.45, 7) is 0.154. The minimum atomic E-state index is -4.81. The maximum atomic E-state index is 12.4. The van der Waals surface area contributed by atoms with Crippen LogP contribution in [-0.4, -0.2) is 19.4 Å². The van der Waals surface area contributed by atoms with Gasteiger partial charge in [-0.3, -0.25) is 0 Å². The molecule has 0 saturated heterocycles. The molecule has 0 bridgehead atoms. The third kappa shape index (κ3) is 5.75. The van der Waals surface area contributed by atoms with Crippen LogP contribution in [0.2, 0.25) is 5.02 Å². The van der Waals surface area contributed by atoms with Crippen molar-refractivity contribution in [1.82, 2.24) is 0 Å². The van der Waals surface area contributed by atoms with Gasteiger partial charge < -0.3 is 20.5 Å². The van der Waals surface area contributed by atoms with Crippen molar-refractivity contribution >= 4 is 23.2 Å². The fourth-order valence-electron chi connectivity index (χ4n) is 1.98. The van der Waals surface area contributed by atoms with Crippen LogP contribution < -0.4 is 20.5 Å². The van der Waals surface area contributed by atoms with Gasteiger partial charge in [0, 0.05) is 10.6 Å². The fourth-order valence-corrected chi connectivity index (χ4v) is 2.14. The molecule has 0 aliphatic heterocycles. The van der Waals surface area contributed by atoms with Crippen molar-refractivity contribution in [2.75, 3.05) is 12.4 Å². The van der Waals surface area contributed by atoms with Crippen molar-refractivity contribution < 1.29 is 22.6 Å². The average Bonchev–Trinajstić information content (AvgIpc) is 2.54. The molecule has 2 rings (SSSR count). The van der Waals surface area contributed by atoms with Gasteiger partial charge in [-0.15, -0.1) is 13.2 Å². The van der Waals surface area contributed by atoms with Crippen LogP contribution in [0.1, 0.15) is 5.56 Å². The quantitative estimate of drug-likeness (QED) is 0.609. The van der Waals surface area contributed by atoms with Crippen LogP contribution in [0.15, 0.2) is 47.5 Å². The molecule has 2 aromatic rings. The lowest BCUT2D eigenvalue weighted by molar-refractivity contribution is -0.274. The van der Waals surface area contributed by atoms with E-state index in [4.69, 9.17) is 22.1 Å². The molecule has 3 N–H and O–H groups in total. The number of nitrogens with one attached hydrogen (secondary N) is 1. The van der Waals surface area contributed by atoms with E-state index in [1.165, 1.54) is 25.3 Å². The highest BCUT2D eigenvalue weighted by molar-refractivity contribution is 6.30. The second kappa shape index (κ2) is 7.98. The van der Waals surface area contributed by atoms with Gasteiger partial charge in [0.25, 0.3) is 0 Å². The molecule has 0 saturated carbocycles. The van der Waals surface area contributed by atoms with Crippen LogP contribution >= 0.6 is 11.6 Å². The lowest BCUT2D eigenvalue weighted by Gasteiger charge is -2.14. The predicted octanol–water partition coefficient (Wildman–Crippen LogP) is 4.17. The molecule has 25 heavy (non-hydrogen) atoms. The summed E-state index contributed by atoms with van der Waals surface area (Å²) in [6.07, 6.45) is -4.81. The topological polar surface area (TPSA) is 68.9 Å². The Hall–Kier alpha value is -2.61. The number of para-hydroxylation sites is 2. The molecule has 0 amide bonds. The molecule has 9 heteroatoms. The highest BCUT2D eigenvalue weighted by Crippen LogP contribution is 2.30. The number of halogens is 4. The Morgan fingerprint density at radius 1 is 1.20 bits per heavy atom. The van der Waals surface area contributed by atoms with Crippen molar-refractivity contribution in [2.24, 2.45) is 10.7 Å². The van der Waals surface area contributed by atoms with Gasteiger partial charge in [-0.05, 0) is 24.3 Å². The zero-order chi connectivity index (χ0) is 18.4. The summed E-state index contributed by atoms with van der Waals surface area (Å²) >= 11 is 5.88. The molecule has 0 aliphatic carbocycles. The van der Waals surface area contributed by atoms with Gasteiger partial charge in [-0.2, -0.15) is 0 Å². The van der Waals surface area contributed by atoms with E-state index in [1.807, 2.05) is 0 Å². The first-order valence-corrected chi connectivity index (χ1v) is 7.40. The van der Waals surface area contributed by atoms with E-state index in [9.17, 15) is 13.2 Å². The Balaban J connectivity index is 2.12. The van der Waals surface area contributed by atoms with E-state index in [0.717, 1.165) is 5.56 Å². The fraction of sp³-hybridized carbons (Fsp3) is 0.188. The number of benzene rings is 2. The monoisotopic (exact) mass is 373 g/mol. The number of nitrogens with zero attached hydrogens (tertiary/aromatic N) is 1. The Bertz CT molecular complexity index is 767. The Labute approximate surface area is 147 Å². The van der Waals surface area contributed by atoms with Crippen LogP contribution in [0, 0.1) is 0 Å². The van der Waals surface area contributed by atoms with Gasteiger partial charge in [-0.25, -0.2) is 4.99 Å². The number of anilines is 1. The van der Waals surface area contributed by atoms with Crippen molar-refractivity contribution in [3.8, 4) is 11.5 Å². The zero-order valence-electron chi connectivity index (χ0n) is 13.1. The van der Waals surface area contributed by atoms with E-state index in [2.05, 4.69) is 15.0 Å². The van der Waals surface area contributed by atoms with Crippen molar-refractivity contribution in [3.05, 3.63) is 53.1 Å². The number of hydrogen-bond acceptors (Lipinski definition) is 3. The summed E-state index contributed by atoms with van der Waals surface area (Å²) in [5, 5.41) is 3.10. The normalized spacial score (nSPS) is 12.0. The molecule has 134 valence electrons. The molecule has 0 unspecified atom stereocenters. The largest absolute Gasteiger partial charge is 0.573 e. The van der Waals surface area contributed by atoms with E-state index in [1.54, 1.807) is 24.3 Å². The molecule has 0 spiro atoms. The zero-order valence-corrected chi connectivity index (χ0v) is 13.9. The summed E-state index contributed by atoms with van der Waals surface area (Å²) in [5.41, 5.74) is 6.51. The molecule has 2 aromatic carbocycles. The van der Waals surface area contributed by atoms with Crippen LogP contribution in [-0.2, 0) is 6.54 Å². The van der Waals surface area contributed by atoms with Crippen molar-refractivity contribution in [2.45, 2.75) is 12.9 Å². The maximum absolute atomic E-state index is 12.4. The van der Waals surface area contributed by atoms with E-state index >= 15 is 0 Å². The lowest BCUT2D eigenvalue weighted by Crippen LogP contribution is -2.24. The summed E-state index contributed by atoms with van der Waals surface area (Å²) in [7, 11) is 1.49. The van der Waals surface area contributed by atoms with Gasteiger partial charge in [0.05, 0.1) is 19.3 Å². The number of nitrogens with two attached hydrogens (primary N) is 1. The second-order valence-corrected chi connectivity index (χ2v) is 5.26. The highest BCUT2D eigenvalue weighted by atomic mass is 35.5. The number of ether oxygens (including phenoxy) is 2. The van der Waals surface area contributed by atoms with Gasteiger partial charge in [0.2, 0.25) is 0 Å². The summed E-state index contributed by atoms with van der Waals surface area (Å²) in [6, 6.07) is 10.5. The molecule has 5 nitrogen and oxygen atoms in total. The number of guanidine groups is 1. The molecular weight excluding hydrogens is 359 g/mol. The van der Waals surface area contributed by atoms with Crippen molar-refractivity contribution in [1.29, 1.82) is 0 Å². The van der Waals surface area contributed by atoms with Gasteiger partial charge in [0.1, 0.15) is 5.75 Å². The third-order valence-corrected chi connectivity index (χ3v) is 3.28. The van der Waals surface area contributed by atoms with Gasteiger partial charge in [-0.1, -0.05) is 29.8 Å². The minimum Gasteiger partial charge on any atom is -0.496 e. The SMILES string of the molecule is COc1cc(Cl)ccc1CN=C(N)Nc1ccccc1OC(F)(F)F. The van der Waals surface area contributed by atoms with Crippen LogP contribution in [0.3, 0.4) is 0 Å². The lowest BCUT2D eigenvalue weighted by atomic mass is 10.2. The number of aliphatic imine (C=N–C) groups is 1. The average molecular weight is 374 g/mol. The number of methoxy groups -OCH3 is 1. The van der Waals surface area contributed by atoms with E-state index in [0.29, 0.717) is 10.8 Å². The highest BCUT2D eigenvalue weighted by Gasteiger charge is 2.32. The molecular formula is C16H15ClF3N3O2. The van der Waals surface area contributed by atoms with Gasteiger partial charge >= 0.3 is 6.36 Å². The van der Waals surface area contributed by atoms with E-state index < -0.39 is 12.1 Å². The molecule has 0 aliphatic rings. The molecule has 0 fully saturated rings. The first-order chi connectivity index (χ1) is 11.8. The predicted molar refractivity (Wildman–Crippen MR) is 90.1 cm³/mol. The third-order valence-electron chi connectivity index (χ3n) is 3.04. The summed E-state index contributed by atoms with van der Waals surface area (Å²) in [4.78, 5) is 4.09. The summed E-state index contributed by atoms with van der Waals surface area (Å²) in [5.74, 6) is 0.0531. The number of rotatable bonds is 5. The maximum Gasteiger partial charge on any atom is 0.573 e. The Morgan fingerprint density at radius 2 is 1.92 bits per heavy atom. The Morgan fingerprint density at radius 3 is 2.60 bits per heavy atom. The number of hydrogen-bond donors (Lipinski definition) is 2. The standard InChI is InChI=1S/C16H15ClF3N3O2/c1-24-14-8-11(17)7-6-10(14)9-22-15(21)23-12-4-2-3-5-13(12)25-16(18,19)20/h2-8H,9H2,1H3,(H3,21,22,23). The molecule has 0 aromatic heterocycles. The van der Waals surface area contributed by atoms with Crippen LogP contribution in [0.5, 0.6) is 11.5 Å². The summed E-state index contributed by atoms with van der Waals surface area (Å²) < 4.78 is 46.4. The van der Waals surface area contributed by atoms with Crippen molar-refractivity contribution in [3.63, 3.8) is 0 Å². The minimum absolute atomic E-state index is 0.0455. The van der Waals surface area contributed by atoms with Crippen LogP contribution in [0.25, 0.3) is 0 Å². The first-order valence-electron chi connectivity index (χ1n) is 7.02. The van der Waals surface area contributed by atoms with Gasteiger partial charge in [0.15, 0.2) is 11.7 Å². The Kier molecular flexibility index (Phi) is 5.97. The smallest absolute Gasteiger partial charge is 0.496 e. The number of alkyl halides is 3.